The Kier molecular flexibility index (Phi) is 5.30. The number of rotatable bonds is 4. The van der Waals surface area contributed by atoms with Crippen LogP contribution in [0.3, 0.4) is 0 Å². The Bertz CT molecular complexity index is 412. The van der Waals surface area contributed by atoms with Gasteiger partial charge >= 0.3 is 6.09 Å². The van der Waals surface area contributed by atoms with Gasteiger partial charge in [-0.1, -0.05) is 12.1 Å². The number of benzene rings is 1. The highest BCUT2D eigenvalue weighted by Crippen LogP contribution is 2.07. The zero-order valence-corrected chi connectivity index (χ0v) is 11.4. The van der Waals surface area contributed by atoms with Gasteiger partial charge in [-0.25, -0.2) is 9.18 Å². The molecule has 0 aromatic heterocycles. The molecule has 1 aromatic carbocycles. The van der Waals surface area contributed by atoms with E-state index < -0.39 is 17.8 Å². The Hall–Kier alpha value is -1.62. The summed E-state index contributed by atoms with van der Waals surface area (Å²) in [4.78, 5) is 11.4. The molecule has 1 atom stereocenters. The molecule has 1 unspecified atom stereocenters. The minimum absolute atomic E-state index is 0.0896. The first-order chi connectivity index (χ1) is 8.76. The number of carbonyl (C=O) groups is 1. The fourth-order valence-corrected chi connectivity index (χ4v) is 1.48. The van der Waals surface area contributed by atoms with Crippen molar-refractivity contribution in [2.24, 2.45) is 0 Å². The molecule has 0 radical (unpaired) electrons. The normalized spacial score (nSPS) is 12.9. The van der Waals surface area contributed by atoms with E-state index in [2.05, 4.69) is 5.32 Å². The number of amides is 1. The van der Waals surface area contributed by atoms with E-state index in [1.54, 1.807) is 32.9 Å². The van der Waals surface area contributed by atoms with Crippen LogP contribution in [-0.4, -0.2) is 29.4 Å². The molecule has 0 spiro atoms. The SMILES string of the molecule is CC(C)(C)OC(=O)NCC(O)Cc1ccc(F)cc1. The summed E-state index contributed by atoms with van der Waals surface area (Å²) in [5, 5.41) is 12.2. The molecule has 1 amide bonds. The van der Waals surface area contributed by atoms with Crippen LogP contribution in [0.4, 0.5) is 9.18 Å². The summed E-state index contributed by atoms with van der Waals surface area (Å²) in [5.41, 5.74) is 0.242. The molecule has 19 heavy (non-hydrogen) atoms. The van der Waals surface area contributed by atoms with Crippen LogP contribution < -0.4 is 5.32 Å². The Labute approximate surface area is 112 Å². The first kappa shape index (κ1) is 15.4. The molecule has 0 saturated heterocycles. The summed E-state index contributed by atoms with van der Waals surface area (Å²) >= 11 is 0. The van der Waals surface area contributed by atoms with Crippen molar-refractivity contribution < 1.29 is 19.0 Å². The number of hydrogen-bond acceptors (Lipinski definition) is 3. The highest BCUT2D eigenvalue weighted by atomic mass is 19.1. The molecule has 1 aromatic rings. The van der Waals surface area contributed by atoms with E-state index in [9.17, 15) is 14.3 Å². The highest BCUT2D eigenvalue weighted by molar-refractivity contribution is 5.67. The molecule has 0 aliphatic rings. The van der Waals surface area contributed by atoms with Gasteiger partial charge < -0.3 is 15.2 Å². The van der Waals surface area contributed by atoms with Gasteiger partial charge in [-0.3, -0.25) is 0 Å². The van der Waals surface area contributed by atoms with E-state index in [-0.39, 0.29) is 12.4 Å². The Morgan fingerprint density at radius 3 is 2.47 bits per heavy atom. The van der Waals surface area contributed by atoms with Crippen LogP contribution in [0.2, 0.25) is 0 Å². The standard InChI is InChI=1S/C14H20FNO3/c1-14(2,3)19-13(18)16-9-12(17)8-10-4-6-11(15)7-5-10/h4-7,12,17H,8-9H2,1-3H3,(H,16,18). The molecule has 106 valence electrons. The summed E-state index contributed by atoms with van der Waals surface area (Å²) in [6, 6.07) is 5.88. The minimum atomic E-state index is -0.738. The molecule has 2 N–H and O–H groups in total. The van der Waals surface area contributed by atoms with Crippen LogP contribution in [0.1, 0.15) is 26.3 Å². The van der Waals surface area contributed by atoms with E-state index >= 15 is 0 Å². The summed E-state index contributed by atoms with van der Waals surface area (Å²) in [6.45, 7) is 5.39. The first-order valence-corrected chi connectivity index (χ1v) is 6.15. The third kappa shape index (κ3) is 6.76. The van der Waals surface area contributed by atoms with E-state index in [4.69, 9.17) is 4.74 Å². The second-order valence-electron chi connectivity index (χ2n) is 5.37. The van der Waals surface area contributed by atoms with Gasteiger partial charge in [0, 0.05) is 13.0 Å². The zero-order valence-electron chi connectivity index (χ0n) is 11.4. The maximum absolute atomic E-state index is 12.7. The van der Waals surface area contributed by atoms with Crippen molar-refractivity contribution in [1.29, 1.82) is 0 Å². The van der Waals surface area contributed by atoms with Crippen LogP contribution in [0.15, 0.2) is 24.3 Å². The third-order valence-corrected chi connectivity index (χ3v) is 2.27. The number of alkyl carbamates (subject to hydrolysis) is 1. The maximum atomic E-state index is 12.7. The summed E-state index contributed by atoms with van der Waals surface area (Å²) in [7, 11) is 0. The molecule has 5 heteroatoms. The second kappa shape index (κ2) is 6.52. The second-order valence-corrected chi connectivity index (χ2v) is 5.37. The van der Waals surface area contributed by atoms with Crippen molar-refractivity contribution in [3.05, 3.63) is 35.6 Å². The molecule has 0 bridgehead atoms. The third-order valence-electron chi connectivity index (χ3n) is 2.27. The van der Waals surface area contributed by atoms with Crippen LogP contribution in [0.5, 0.6) is 0 Å². The number of aliphatic hydroxyl groups excluding tert-OH is 1. The monoisotopic (exact) mass is 269 g/mol. The van der Waals surface area contributed by atoms with Crippen molar-refractivity contribution >= 4 is 6.09 Å². The zero-order chi connectivity index (χ0) is 14.5. The van der Waals surface area contributed by atoms with E-state index in [1.165, 1.54) is 12.1 Å². The van der Waals surface area contributed by atoms with E-state index in [0.29, 0.717) is 6.42 Å². The highest BCUT2D eigenvalue weighted by Gasteiger charge is 2.16. The van der Waals surface area contributed by atoms with Gasteiger partial charge in [0.25, 0.3) is 0 Å². The fourth-order valence-electron chi connectivity index (χ4n) is 1.48. The minimum Gasteiger partial charge on any atom is -0.444 e. The van der Waals surface area contributed by atoms with Gasteiger partial charge in [0.1, 0.15) is 11.4 Å². The van der Waals surface area contributed by atoms with Crippen molar-refractivity contribution in [3.8, 4) is 0 Å². The van der Waals surface area contributed by atoms with Crippen molar-refractivity contribution in [1.82, 2.24) is 5.32 Å². The topological polar surface area (TPSA) is 58.6 Å². The lowest BCUT2D eigenvalue weighted by Gasteiger charge is -2.20. The molecular formula is C14H20FNO3. The lowest BCUT2D eigenvalue weighted by molar-refractivity contribution is 0.0492. The lowest BCUT2D eigenvalue weighted by atomic mass is 10.1. The maximum Gasteiger partial charge on any atom is 0.407 e. The summed E-state index contributed by atoms with van der Waals surface area (Å²) in [5.74, 6) is -0.315. The van der Waals surface area contributed by atoms with Crippen LogP contribution in [0, 0.1) is 5.82 Å². The number of ether oxygens (including phenoxy) is 1. The molecular weight excluding hydrogens is 249 g/mol. The number of carbonyl (C=O) groups excluding carboxylic acids is 1. The van der Waals surface area contributed by atoms with Crippen LogP contribution >= 0.6 is 0 Å². The van der Waals surface area contributed by atoms with Gasteiger partial charge in [-0.2, -0.15) is 0 Å². The quantitative estimate of drug-likeness (QED) is 0.881. The summed E-state index contributed by atoms with van der Waals surface area (Å²) in [6.07, 6.45) is -0.959. The van der Waals surface area contributed by atoms with Gasteiger partial charge in [0.05, 0.1) is 6.10 Å². The largest absolute Gasteiger partial charge is 0.444 e. The lowest BCUT2D eigenvalue weighted by Crippen LogP contribution is -2.37. The van der Waals surface area contributed by atoms with Crippen molar-refractivity contribution in [2.45, 2.75) is 38.9 Å². The Morgan fingerprint density at radius 1 is 1.37 bits per heavy atom. The molecule has 0 aliphatic heterocycles. The molecule has 0 fully saturated rings. The Morgan fingerprint density at radius 2 is 1.95 bits per heavy atom. The van der Waals surface area contributed by atoms with E-state index in [0.717, 1.165) is 5.56 Å². The van der Waals surface area contributed by atoms with Crippen LogP contribution in [0.25, 0.3) is 0 Å². The molecule has 0 aliphatic carbocycles. The van der Waals surface area contributed by atoms with Crippen molar-refractivity contribution in [3.63, 3.8) is 0 Å². The number of hydrogen-bond donors (Lipinski definition) is 2. The number of nitrogens with one attached hydrogen (secondary N) is 1. The predicted molar refractivity (Wildman–Crippen MR) is 70.3 cm³/mol. The van der Waals surface area contributed by atoms with Gasteiger partial charge in [-0.15, -0.1) is 0 Å². The Balaban J connectivity index is 2.33. The fraction of sp³-hybridized carbons (Fsp3) is 0.500. The smallest absolute Gasteiger partial charge is 0.407 e. The van der Waals surface area contributed by atoms with Crippen molar-refractivity contribution in [2.75, 3.05) is 6.54 Å². The van der Waals surface area contributed by atoms with Gasteiger partial charge in [0.2, 0.25) is 0 Å². The number of halogens is 1. The predicted octanol–water partition coefficient (Wildman–Crippen LogP) is 2.25. The molecule has 0 heterocycles. The average Bonchev–Trinajstić information content (AvgIpc) is 2.27. The van der Waals surface area contributed by atoms with Crippen LogP contribution in [-0.2, 0) is 11.2 Å². The average molecular weight is 269 g/mol. The molecule has 4 nitrogen and oxygen atoms in total. The molecule has 0 saturated carbocycles. The van der Waals surface area contributed by atoms with Gasteiger partial charge in [-0.05, 0) is 38.5 Å². The van der Waals surface area contributed by atoms with Gasteiger partial charge in [0.15, 0.2) is 0 Å². The summed E-state index contributed by atoms with van der Waals surface area (Å²) < 4.78 is 17.7. The number of aliphatic hydroxyl groups is 1. The first-order valence-electron chi connectivity index (χ1n) is 6.15. The van der Waals surface area contributed by atoms with E-state index in [1.807, 2.05) is 0 Å². The molecule has 1 rings (SSSR count).